The van der Waals surface area contributed by atoms with E-state index in [1.165, 1.54) is 17.7 Å². The quantitative estimate of drug-likeness (QED) is 0.691. The molecular weight excluding hydrogens is 230 g/mol. The van der Waals surface area contributed by atoms with Crippen molar-refractivity contribution in [2.45, 2.75) is 26.2 Å². The molecule has 0 nitrogen and oxygen atoms in total. The van der Waals surface area contributed by atoms with Gasteiger partial charge in [-0.2, -0.15) is 0 Å². The molecule has 2 aromatic rings. The lowest BCUT2D eigenvalue weighted by molar-refractivity contribution is 0.151. The molecule has 0 spiro atoms. The molecule has 0 saturated heterocycles. The number of alkyl halides is 2. The third-order valence-corrected chi connectivity index (χ3v) is 2.99. The summed E-state index contributed by atoms with van der Waals surface area (Å²) in [4.78, 5) is 0. The normalized spacial score (nSPS) is 10.9. The van der Waals surface area contributed by atoms with Crippen LogP contribution in [0.2, 0.25) is 0 Å². The fraction of sp³-hybridized carbons (Fsp3) is 0.250. The summed E-state index contributed by atoms with van der Waals surface area (Å²) in [6, 6.07) is 14.7. The second kappa shape index (κ2) is 5.76. The molecule has 0 aliphatic rings. The van der Waals surface area contributed by atoms with Crippen LogP contribution in [0.25, 0.3) is 11.1 Å². The number of benzene rings is 2. The summed E-state index contributed by atoms with van der Waals surface area (Å²) in [7, 11) is 0. The Balaban J connectivity index is 2.20. The molecule has 0 atom stereocenters. The van der Waals surface area contributed by atoms with Gasteiger partial charge in [0, 0.05) is 5.56 Å². The highest BCUT2D eigenvalue weighted by Gasteiger charge is 2.06. The molecule has 0 bridgehead atoms. The van der Waals surface area contributed by atoms with Crippen molar-refractivity contribution in [3.63, 3.8) is 0 Å². The minimum Gasteiger partial charge on any atom is -0.205 e. The predicted molar refractivity (Wildman–Crippen MR) is 70.8 cm³/mol. The van der Waals surface area contributed by atoms with Gasteiger partial charge in [0.15, 0.2) is 0 Å². The van der Waals surface area contributed by atoms with E-state index in [4.69, 9.17) is 0 Å². The first kappa shape index (κ1) is 12.7. The molecule has 94 valence electrons. The van der Waals surface area contributed by atoms with Crippen molar-refractivity contribution in [2.75, 3.05) is 0 Å². The standard InChI is InChI=1S/C16H16F2/c1-2-3-12-4-6-13(7-5-12)14-8-10-15(11-9-14)16(17)18/h4-11,16H,2-3H2,1H3. The van der Waals surface area contributed by atoms with Crippen molar-refractivity contribution in [3.8, 4) is 11.1 Å². The Morgan fingerprint density at radius 2 is 1.33 bits per heavy atom. The van der Waals surface area contributed by atoms with Crippen molar-refractivity contribution in [1.82, 2.24) is 0 Å². The number of halogens is 2. The first-order valence-electron chi connectivity index (χ1n) is 6.18. The highest BCUT2D eigenvalue weighted by Crippen LogP contribution is 2.24. The van der Waals surface area contributed by atoms with Gasteiger partial charge in [0.05, 0.1) is 0 Å². The summed E-state index contributed by atoms with van der Waals surface area (Å²) in [5.74, 6) is 0. The molecule has 0 heterocycles. The molecule has 0 fully saturated rings. The fourth-order valence-corrected chi connectivity index (χ4v) is 1.97. The molecule has 0 radical (unpaired) electrons. The van der Waals surface area contributed by atoms with E-state index < -0.39 is 6.43 Å². The SMILES string of the molecule is CCCc1ccc(-c2ccc(C(F)F)cc2)cc1. The van der Waals surface area contributed by atoms with Crippen LogP contribution in [0.1, 0.15) is 30.9 Å². The molecule has 2 rings (SSSR count). The monoisotopic (exact) mass is 246 g/mol. The fourth-order valence-electron chi connectivity index (χ4n) is 1.97. The summed E-state index contributed by atoms with van der Waals surface area (Å²) in [5, 5.41) is 0. The molecule has 0 aromatic heterocycles. The lowest BCUT2D eigenvalue weighted by atomic mass is 10.0. The van der Waals surface area contributed by atoms with E-state index in [-0.39, 0.29) is 5.56 Å². The van der Waals surface area contributed by atoms with Crippen LogP contribution in [-0.4, -0.2) is 0 Å². The highest BCUT2D eigenvalue weighted by atomic mass is 19.3. The largest absolute Gasteiger partial charge is 0.263 e. The minimum absolute atomic E-state index is 0.0707. The van der Waals surface area contributed by atoms with Gasteiger partial charge >= 0.3 is 0 Å². The highest BCUT2D eigenvalue weighted by molar-refractivity contribution is 5.64. The van der Waals surface area contributed by atoms with Gasteiger partial charge in [-0.05, 0) is 23.1 Å². The first-order chi connectivity index (χ1) is 8.70. The second-order valence-electron chi connectivity index (χ2n) is 4.37. The van der Waals surface area contributed by atoms with Gasteiger partial charge in [-0.3, -0.25) is 0 Å². The maximum atomic E-state index is 12.4. The van der Waals surface area contributed by atoms with Crippen LogP contribution >= 0.6 is 0 Å². The summed E-state index contributed by atoms with van der Waals surface area (Å²) < 4.78 is 24.9. The number of aryl methyl sites for hydroxylation is 1. The van der Waals surface area contributed by atoms with Gasteiger partial charge in [0.25, 0.3) is 6.43 Å². The van der Waals surface area contributed by atoms with E-state index in [0.717, 1.165) is 24.0 Å². The Morgan fingerprint density at radius 1 is 0.833 bits per heavy atom. The summed E-state index contributed by atoms with van der Waals surface area (Å²) in [5.41, 5.74) is 3.42. The number of hydrogen-bond acceptors (Lipinski definition) is 0. The van der Waals surface area contributed by atoms with E-state index >= 15 is 0 Å². The topological polar surface area (TPSA) is 0 Å². The zero-order valence-electron chi connectivity index (χ0n) is 10.4. The Hall–Kier alpha value is -1.70. The molecule has 0 N–H and O–H groups in total. The maximum absolute atomic E-state index is 12.4. The van der Waals surface area contributed by atoms with Crippen LogP contribution < -0.4 is 0 Å². The molecule has 0 saturated carbocycles. The molecule has 18 heavy (non-hydrogen) atoms. The predicted octanol–water partition coefficient (Wildman–Crippen LogP) is 5.24. The molecule has 0 aliphatic heterocycles. The Labute approximate surface area is 106 Å². The van der Waals surface area contributed by atoms with Crippen LogP contribution in [0.5, 0.6) is 0 Å². The van der Waals surface area contributed by atoms with E-state index in [1.54, 1.807) is 12.1 Å². The first-order valence-corrected chi connectivity index (χ1v) is 6.18. The van der Waals surface area contributed by atoms with Gasteiger partial charge in [-0.15, -0.1) is 0 Å². The second-order valence-corrected chi connectivity index (χ2v) is 4.37. The molecule has 0 unspecified atom stereocenters. The van der Waals surface area contributed by atoms with Gasteiger partial charge in [-0.1, -0.05) is 61.9 Å². The maximum Gasteiger partial charge on any atom is 0.263 e. The third-order valence-electron chi connectivity index (χ3n) is 2.99. The zero-order valence-corrected chi connectivity index (χ0v) is 10.4. The third kappa shape index (κ3) is 2.95. The average molecular weight is 246 g/mol. The van der Waals surface area contributed by atoms with Gasteiger partial charge in [0.1, 0.15) is 0 Å². The van der Waals surface area contributed by atoms with Crippen LogP contribution in [0.3, 0.4) is 0 Å². The zero-order chi connectivity index (χ0) is 13.0. The van der Waals surface area contributed by atoms with Crippen molar-refractivity contribution < 1.29 is 8.78 Å². The van der Waals surface area contributed by atoms with E-state index in [1.807, 2.05) is 12.1 Å². The Bertz CT molecular complexity index is 484. The number of hydrogen-bond donors (Lipinski definition) is 0. The van der Waals surface area contributed by atoms with Crippen molar-refractivity contribution in [2.24, 2.45) is 0 Å². The van der Waals surface area contributed by atoms with Crippen LogP contribution in [0.15, 0.2) is 48.5 Å². The van der Waals surface area contributed by atoms with Gasteiger partial charge < -0.3 is 0 Å². The van der Waals surface area contributed by atoms with E-state index in [2.05, 4.69) is 19.1 Å². The number of rotatable bonds is 4. The molecule has 0 amide bonds. The van der Waals surface area contributed by atoms with Gasteiger partial charge in [0.2, 0.25) is 0 Å². The Kier molecular flexibility index (Phi) is 4.08. The molecular formula is C16H16F2. The molecule has 2 heteroatoms. The van der Waals surface area contributed by atoms with E-state index in [0.29, 0.717) is 0 Å². The molecule has 0 aliphatic carbocycles. The van der Waals surface area contributed by atoms with E-state index in [9.17, 15) is 8.78 Å². The summed E-state index contributed by atoms with van der Waals surface area (Å²) in [6.07, 6.45) is -0.196. The van der Waals surface area contributed by atoms with Crippen LogP contribution in [0.4, 0.5) is 8.78 Å². The van der Waals surface area contributed by atoms with Crippen molar-refractivity contribution in [3.05, 3.63) is 59.7 Å². The smallest absolute Gasteiger partial charge is 0.205 e. The van der Waals surface area contributed by atoms with Gasteiger partial charge in [-0.25, -0.2) is 8.78 Å². The Morgan fingerprint density at radius 3 is 1.78 bits per heavy atom. The van der Waals surface area contributed by atoms with Crippen LogP contribution in [-0.2, 0) is 6.42 Å². The van der Waals surface area contributed by atoms with Crippen molar-refractivity contribution in [1.29, 1.82) is 0 Å². The average Bonchev–Trinajstić information content (AvgIpc) is 2.40. The van der Waals surface area contributed by atoms with Crippen LogP contribution in [0, 0.1) is 0 Å². The van der Waals surface area contributed by atoms with Crippen molar-refractivity contribution >= 4 is 0 Å². The lowest BCUT2D eigenvalue weighted by Gasteiger charge is -2.05. The summed E-state index contributed by atoms with van der Waals surface area (Å²) in [6.45, 7) is 2.15. The summed E-state index contributed by atoms with van der Waals surface area (Å²) >= 11 is 0. The lowest BCUT2D eigenvalue weighted by Crippen LogP contribution is -1.86. The molecule has 2 aromatic carbocycles. The minimum atomic E-state index is -2.40.